The molecule has 2 rings (SSSR count). The fourth-order valence-corrected chi connectivity index (χ4v) is 2.03. The summed E-state index contributed by atoms with van der Waals surface area (Å²) in [5.74, 6) is 0.125. The molecular formula is C11H13ClN2O. The van der Waals surface area contributed by atoms with Gasteiger partial charge in [-0.25, -0.2) is 0 Å². The highest BCUT2D eigenvalue weighted by Gasteiger charge is 2.31. The van der Waals surface area contributed by atoms with Crippen molar-refractivity contribution in [1.29, 1.82) is 0 Å². The van der Waals surface area contributed by atoms with Crippen molar-refractivity contribution in [3.63, 3.8) is 0 Å². The molecule has 1 N–H and O–H groups in total. The third kappa shape index (κ3) is 1.98. The minimum atomic E-state index is -0.0519. The highest BCUT2D eigenvalue weighted by Crippen LogP contribution is 2.24. The number of nitrogens with zero attached hydrogens (tertiary/aromatic N) is 1. The smallest absolute Gasteiger partial charge is 0.244 e. The van der Waals surface area contributed by atoms with Gasteiger partial charge in [-0.2, -0.15) is 0 Å². The van der Waals surface area contributed by atoms with Gasteiger partial charge in [0.15, 0.2) is 0 Å². The predicted octanol–water partition coefficient (Wildman–Crippen LogP) is 1.66. The topological polar surface area (TPSA) is 32.3 Å². The zero-order valence-electron chi connectivity index (χ0n) is 8.53. The van der Waals surface area contributed by atoms with Crippen molar-refractivity contribution >= 4 is 23.2 Å². The quantitative estimate of drug-likeness (QED) is 0.829. The van der Waals surface area contributed by atoms with Gasteiger partial charge in [-0.1, -0.05) is 17.7 Å². The van der Waals surface area contributed by atoms with E-state index in [4.69, 9.17) is 11.6 Å². The Morgan fingerprint density at radius 1 is 1.53 bits per heavy atom. The number of anilines is 1. The Bertz CT molecular complexity index is 381. The van der Waals surface area contributed by atoms with Crippen molar-refractivity contribution in [3.05, 3.63) is 29.3 Å². The van der Waals surface area contributed by atoms with Crippen LogP contribution in [0.15, 0.2) is 24.3 Å². The number of carbonyl (C=O) groups excluding carboxylic acids is 1. The van der Waals surface area contributed by atoms with Gasteiger partial charge in [0.25, 0.3) is 0 Å². The third-order valence-electron chi connectivity index (χ3n) is 2.67. The van der Waals surface area contributed by atoms with Crippen molar-refractivity contribution in [1.82, 2.24) is 5.32 Å². The molecule has 0 aromatic heterocycles. The number of amides is 1. The van der Waals surface area contributed by atoms with Crippen LogP contribution in [-0.2, 0) is 4.79 Å². The maximum Gasteiger partial charge on any atom is 0.244 e. The first-order valence-electron chi connectivity index (χ1n) is 4.96. The molecule has 4 heteroatoms. The molecule has 0 bridgehead atoms. The molecular weight excluding hydrogens is 212 g/mol. The van der Waals surface area contributed by atoms with Gasteiger partial charge in [-0.3, -0.25) is 4.79 Å². The molecule has 1 aromatic carbocycles. The van der Waals surface area contributed by atoms with Crippen molar-refractivity contribution in [2.24, 2.45) is 0 Å². The predicted molar refractivity (Wildman–Crippen MR) is 61.3 cm³/mol. The van der Waals surface area contributed by atoms with Crippen LogP contribution in [0.1, 0.15) is 6.42 Å². The normalized spacial score (nSPS) is 21.1. The van der Waals surface area contributed by atoms with Gasteiger partial charge >= 0.3 is 0 Å². The number of likely N-dealkylation sites (N-methyl/N-ethyl adjacent to an activating group) is 1. The molecule has 1 atom stereocenters. The van der Waals surface area contributed by atoms with E-state index < -0.39 is 0 Å². The first-order valence-corrected chi connectivity index (χ1v) is 5.34. The summed E-state index contributed by atoms with van der Waals surface area (Å²) in [5.41, 5.74) is 0.880. The molecule has 0 radical (unpaired) electrons. The van der Waals surface area contributed by atoms with Crippen LogP contribution in [0.4, 0.5) is 5.69 Å². The van der Waals surface area contributed by atoms with Crippen LogP contribution >= 0.6 is 11.6 Å². The number of hydrogen-bond acceptors (Lipinski definition) is 2. The van der Waals surface area contributed by atoms with Crippen LogP contribution in [0.5, 0.6) is 0 Å². The summed E-state index contributed by atoms with van der Waals surface area (Å²) < 4.78 is 0. The van der Waals surface area contributed by atoms with Gasteiger partial charge in [0, 0.05) is 17.3 Å². The molecule has 0 saturated carbocycles. The second-order valence-electron chi connectivity index (χ2n) is 3.60. The third-order valence-corrected chi connectivity index (χ3v) is 2.91. The SMILES string of the molecule is CNC1CCN(c2cccc(Cl)c2)C1=O. The summed E-state index contributed by atoms with van der Waals surface area (Å²) in [7, 11) is 1.81. The van der Waals surface area contributed by atoms with Crippen LogP contribution in [0.3, 0.4) is 0 Å². The molecule has 1 amide bonds. The van der Waals surface area contributed by atoms with Gasteiger partial charge in [0.1, 0.15) is 0 Å². The van der Waals surface area contributed by atoms with Gasteiger partial charge in [-0.15, -0.1) is 0 Å². The van der Waals surface area contributed by atoms with Crippen molar-refractivity contribution in [2.45, 2.75) is 12.5 Å². The molecule has 1 aromatic rings. The van der Waals surface area contributed by atoms with Gasteiger partial charge in [-0.05, 0) is 31.7 Å². The number of carbonyl (C=O) groups is 1. The highest BCUT2D eigenvalue weighted by atomic mass is 35.5. The van der Waals surface area contributed by atoms with E-state index in [1.165, 1.54) is 0 Å². The van der Waals surface area contributed by atoms with Gasteiger partial charge in [0.2, 0.25) is 5.91 Å². The summed E-state index contributed by atoms with van der Waals surface area (Å²) >= 11 is 5.89. The van der Waals surface area contributed by atoms with E-state index >= 15 is 0 Å². The highest BCUT2D eigenvalue weighted by molar-refractivity contribution is 6.30. The average Bonchev–Trinajstić information content (AvgIpc) is 2.59. The van der Waals surface area contributed by atoms with E-state index in [0.717, 1.165) is 18.7 Å². The standard InChI is InChI=1S/C11H13ClN2O/c1-13-10-5-6-14(11(10)15)9-4-2-3-8(12)7-9/h2-4,7,10,13H,5-6H2,1H3. The summed E-state index contributed by atoms with van der Waals surface area (Å²) in [6, 6.07) is 7.34. The first kappa shape index (κ1) is 10.5. The maximum atomic E-state index is 11.9. The second kappa shape index (κ2) is 4.21. The Balaban J connectivity index is 2.22. The summed E-state index contributed by atoms with van der Waals surface area (Å²) in [6.45, 7) is 0.755. The lowest BCUT2D eigenvalue weighted by atomic mass is 10.2. The fourth-order valence-electron chi connectivity index (χ4n) is 1.85. The van der Waals surface area contributed by atoms with Gasteiger partial charge < -0.3 is 10.2 Å². The first-order chi connectivity index (χ1) is 7.22. The number of halogens is 1. The zero-order valence-corrected chi connectivity index (χ0v) is 9.29. The Morgan fingerprint density at radius 3 is 2.93 bits per heavy atom. The molecule has 1 heterocycles. The Kier molecular flexibility index (Phi) is 2.93. The van der Waals surface area contributed by atoms with Crippen LogP contribution in [0.25, 0.3) is 0 Å². The number of nitrogens with one attached hydrogen (secondary N) is 1. The molecule has 1 unspecified atom stereocenters. The molecule has 0 spiro atoms. The van der Waals surface area contributed by atoms with Crippen LogP contribution in [0.2, 0.25) is 5.02 Å². The molecule has 1 fully saturated rings. The molecule has 3 nitrogen and oxygen atoms in total. The number of rotatable bonds is 2. The number of benzene rings is 1. The van der Waals surface area contributed by atoms with Crippen LogP contribution in [0, 0.1) is 0 Å². The van der Waals surface area contributed by atoms with E-state index in [-0.39, 0.29) is 11.9 Å². The maximum absolute atomic E-state index is 11.9. The molecule has 1 aliphatic rings. The molecule has 1 saturated heterocycles. The molecule has 15 heavy (non-hydrogen) atoms. The Labute approximate surface area is 94.0 Å². The minimum absolute atomic E-state index is 0.0519. The van der Waals surface area contributed by atoms with E-state index in [2.05, 4.69) is 5.32 Å². The molecule has 1 aliphatic heterocycles. The number of hydrogen-bond donors (Lipinski definition) is 1. The van der Waals surface area contributed by atoms with Gasteiger partial charge in [0.05, 0.1) is 6.04 Å². The Hall–Kier alpha value is -1.06. The lowest BCUT2D eigenvalue weighted by molar-refractivity contribution is -0.118. The lowest BCUT2D eigenvalue weighted by Crippen LogP contribution is -2.36. The van der Waals surface area contributed by atoms with Crippen LogP contribution in [-0.4, -0.2) is 25.5 Å². The molecule has 80 valence electrons. The van der Waals surface area contributed by atoms with Crippen molar-refractivity contribution in [3.8, 4) is 0 Å². The summed E-state index contributed by atoms with van der Waals surface area (Å²) in [5, 5.41) is 3.66. The molecule has 0 aliphatic carbocycles. The summed E-state index contributed by atoms with van der Waals surface area (Å²) in [6.07, 6.45) is 0.849. The fraction of sp³-hybridized carbons (Fsp3) is 0.364. The monoisotopic (exact) mass is 224 g/mol. The largest absolute Gasteiger partial charge is 0.311 e. The minimum Gasteiger partial charge on any atom is -0.311 e. The zero-order chi connectivity index (χ0) is 10.8. The van der Waals surface area contributed by atoms with E-state index in [0.29, 0.717) is 5.02 Å². The lowest BCUT2D eigenvalue weighted by Gasteiger charge is -2.16. The Morgan fingerprint density at radius 2 is 2.33 bits per heavy atom. The van der Waals surface area contributed by atoms with Crippen molar-refractivity contribution in [2.75, 3.05) is 18.5 Å². The van der Waals surface area contributed by atoms with Crippen LogP contribution < -0.4 is 10.2 Å². The van der Waals surface area contributed by atoms with E-state index in [9.17, 15) is 4.79 Å². The van der Waals surface area contributed by atoms with E-state index in [1.807, 2.05) is 25.2 Å². The van der Waals surface area contributed by atoms with Crippen molar-refractivity contribution < 1.29 is 4.79 Å². The van der Waals surface area contributed by atoms with E-state index in [1.54, 1.807) is 11.0 Å². The average molecular weight is 225 g/mol. The second-order valence-corrected chi connectivity index (χ2v) is 4.04. The summed E-state index contributed by atoms with van der Waals surface area (Å²) in [4.78, 5) is 13.6.